The maximum atomic E-state index is 13.7. The molecular formula is C21H34N4O2. The number of ether oxygens (including phenoxy) is 1. The molecule has 6 heteroatoms. The number of aromatic nitrogens is 2. The summed E-state index contributed by atoms with van der Waals surface area (Å²) in [5, 5.41) is 7.78. The first-order valence-corrected chi connectivity index (χ1v) is 10.7. The third-order valence-electron chi connectivity index (χ3n) is 6.82. The van der Waals surface area contributed by atoms with E-state index in [0.29, 0.717) is 11.9 Å². The fourth-order valence-corrected chi connectivity index (χ4v) is 5.11. The minimum absolute atomic E-state index is 0.00922. The predicted octanol–water partition coefficient (Wildman–Crippen LogP) is 2.31. The molecule has 1 unspecified atom stereocenters. The topological polar surface area (TPSA) is 59.4 Å². The van der Waals surface area contributed by atoms with Crippen LogP contribution in [0.15, 0.2) is 12.4 Å². The van der Waals surface area contributed by atoms with Gasteiger partial charge in [-0.1, -0.05) is 6.92 Å². The molecule has 0 spiro atoms. The monoisotopic (exact) mass is 374 g/mol. The maximum absolute atomic E-state index is 13.7. The third kappa shape index (κ3) is 4.21. The lowest BCUT2D eigenvalue weighted by Crippen LogP contribution is -2.49. The van der Waals surface area contributed by atoms with Crippen molar-refractivity contribution >= 4 is 5.91 Å². The van der Waals surface area contributed by atoms with Gasteiger partial charge >= 0.3 is 0 Å². The highest BCUT2D eigenvalue weighted by Gasteiger charge is 2.40. The van der Waals surface area contributed by atoms with E-state index in [0.717, 1.165) is 57.8 Å². The molecule has 3 atom stereocenters. The average molecular weight is 375 g/mol. The predicted molar refractivity (Wildman–Crippen MR) is 104 cm³/mol. The van der Waals surface area contributed by atoms with Crippen molar-refractivity contribution in [3.8, 4) is 0 Å². The van der Waals surface area contributed by atoms with Crippen molar-refractivity contribution < 1.29 is 9.53 Å². The minimum Gasteiger partial charge on any atom is -0.376 e. The van der Waals surface area contributed by atoms with E-state index in [9.17, 15) is 4.79 Å². The van der Waals surface area contributed by atoms with Crippen molar-refractivity contribution in [2.45, 2.75) is 63.5 Å². The third-order valence-corrected chi connectivity index (χ3v) is 6.82. The minimum atomic E-state index is 0.00922. The summed E-state index contributed by atoms with van der Waals surface area (Å²) in [6, 6.07) is 0.382. The van der Waals surface area contributed by atoms with Gasteiger partial charge in [-0.15, -0.1) is 0 Å². The summed E-state index contributed by atoms with van der Waals surface area (Å²) in [5.74, 6) is 1.34. The van der Waals surface area contributed by atoms with Crippen LogP contribution >= 0.6 is 0 Å². The lowest BCUT2D eigenvalue weighted by molar-refractivity contribution is -0.140. The van der Waals surface area contributed by atoms with Crippen molar-refractivity contribution in [2.75, 3.05) is 26.2 Å². The van der Waals surface area contributed by atoms with Crippen molar-refractivity contribution in [3.63, 3.8) is 0 Å². The molecule has 1 N–H and O–H groups in total. The van der Waals surface area contributed by atoms with Gasteiger partial charge < -0.3 is 15.0 Å². The standard InChI is InChI=1S/C21H34N4O2/c1-15-5-7-17(8-6-15)25(14-18-4-3-9-27-18)21(26)20-12-22-11-19(20)16-10-23-24(2)13-16/h10,13,15,17-20,22H,3-9,11-12,14H2,1-2H3/t15?,17?,18?,19-,20+/m1/s1. The molecule has 1 aromatic heterocycles. The Hall–Kier alpha value is -1.40. The van der Waals surface area contributed by atoms with Gasteiger partial charge in [0.05, 0.1) is 18.2 Å². The molecule has 1 aliphatic carbocycles. The van der Waals surface area contributed by atoms with E-state index in [4.69, 9.17) is 4.74 Å². The Morgan fingerprint density at radius 1 is 1.30 bits per heavy atom. The molecule has 1 amide bonds. The zero-order chi connectivity index (χ0) is 18.8. The van der Waals surface area contributed by atoms with Crippen molar-refractivity contribution in [3.05, 3.63) is 18.0 Å². The molecule has 1 saturated carbocycles. The molecule has 150 valence electrons. The second-order valence-electron chi connectivity index (χ2n) is 8.86. The first-order valence-electron chi connectivity index (χ1n) is 10.7. The Morgan fingerprint density at radius 3 is 2.78 bits per heavy atom. The van der Waals surface area contributed by atoms with Crippen molar-refractivity contribution in [1.82, 2.24) is 20.0 Å². The second-order valence-corrected chi connectivity index (χ2v) is 8.86. The smallest absolute Gasteiger partial charge is 0.227 e. The number of nitrogens with zero attached hydrogens (tertiary/aromatic N) is 3. The Bertz CT molecular complexity index is 632. The Balaban J connectivity index is 1.51. The van der Waals surface area contributed by atoms with Crippen LogP contribution in [0.5, 0.6) is 0 Å². The number of amides is 1. The second kappa shape index (κ2) is 8.31. The van der Waals surface area contributed by atoms with Crippen molar-refractivity contribution in [2.24, 2.45) is 18.9 Å². The van der Waals surface area contributed by atoms with Crippen LogP contribution in [-0.2, 0) is 16.6 Å². The van der Waals surface area contributed by atoms with E-state index < -0.39 is 0 Å². The van der Waals surface area contributed by atoms with E-state index in [1.807, 2.05) is 17.9 Å². The summed E-state index contributed by atoms with van der Waals surface area (Å²) in [7, 11) is 1.94. The number of carbonyl (C=O) groups excluding carboxylic acids is 1. The molecule has 3 fully saturated rings. The summed E-state index contributed by atoms with van der Waals surface area (Å²) in [6.45, 7) is 5.58. The van der Waals surface area contributed by atoms with Gasteiger partial charge in [0.2, 0.25) is 5.91 Å². The van der Waals surface area contributed by atoms with Gasteiger partial charge in [0, 0.05) is 51.4 Å². The molecule has 3 heterocycles. The van der Waals surface area contributed by atoms with Crippen LogP contribution in [0.1, 0.15) is 56.9 Å². The fourth-order valence-electron chi connectivity index (χ4n) is 5.11. The summed E-state index contributed by atoms with van der Waals surface area (Å²) in [4.78, 5) is 15.9. The van der Waals surface area contributed by atoms with Gasteiger partial charge in [0.1, 0.15) is 0 Å². The van der Waals surface area contributed by atoms with Gasteiger partial charge in [-0.25, -0.2) is 0 Å². The molecule has 2 saturated heterocycles. The molecule has 2 aliphatic heterocycles. The van der Waals surface area contributed by atoms with Gasteiger partial charge in [-0.3, -0.25) is 9.48 Å². The van der Waals surface area contributed by atoms with Gasteiger partial charge in [0.25, 0.3) is 0 Å². The Morgan fingerprint density at radius 2 is 2.11 bits per heavy atom. The van der Waals surface area contributed by atoms with E-state index >= 15 is 0 Å². The summed E-state index contributed by atoms with van der Waals surface area (Å²) >= 11 is 0. The Labute approximate surface area is 162 Å². The fraction of sp³-hybridized carbons (Fsp3) is 0.810. The molecule has 3 aliphatic rings. The maximum Gasteiger partial charge on any atom is 0.227 e. The number of hydrogen-bond donors (Lipinski definition) is 1. The van der Waals surface area contributed by atoms with Crippen LogP contribution in [0, 0.1) is 11.8 Å². The molecule has 0 radical (unpaired) electrons. The van der Waals surface area contributed by atoms with E-state index in [1.165, 1.54) is 18.4 Å². The molecule has 27 heavy (non-hydrogen) atoms. The molecule has 4 rings (SSSR count). The molecule has 6 nitrogen and oxygen atoms in total. The van der Waals surface area contributed by atoms with Gasteiger partial charge in [0.15, 0.2) is 0 Å². The summed E-state index contributed by atoms with van der Waals surface area (Å²) < 4.78 is 7.74. The summed E-state index contributed by atoms with van der Waals surface area (Å²) in [5.41, 5.74) is 1.18. The van der Waals surface area contributed by atoms with Crippen LogP contribution < -0.4 is 5.32 Å². The van der Waals surface area contributed by atoms with E-state index in [1.54, 1.807) is 0 Å². The zero-order valence-corrected chi connectivity index (χ0v) is 16.8. The highest BCUT2D eigenvalue weighted by Crippen LogP contribution is 2.33. The van der Waals surface area contributed by atoms with Gasteiger partial charge in [-0.05, 0) is 50.0 Å². The van der Waals surface area contributed by atoms with E-state index in [2.05, 4.69) is 28.4 Å². The number of carbonyl (C=O) groups is 1. The average Bonchev–Trinajstić information content (AvgIpc) is 3.41. The SMILES string of the molecule is CC1CCC(N(CC2CCCO2)C(=O)[C@H]2CNC[C@@H]2c2cnn(C)c2)CC1. The number of rotatable bonds is 5. The van der Waals surface area contributed by atoms with E-state index in [-0.39, 0.29) is 17.9 Å². The number of hydrogen-bond acceptors (Lipinski definition) is 4. The first-order chi connectivity index (χ1) is 13.1. The van der Waals surface area contributed by atoms with Crippen molar-refractivity contribution in [1.29, 1.82) is 0 Å². The highest BCUT2D eigenvalue weighted by molar-refractivity contribution is 5.81. The largest absolute Gasteiger partial charge is 0.376 e. The molecule has 0 bridgehead atoms. The number of aryl methyl sites for hydroxylation is 1. The summed E-state index contributed by atoms with van der Waals surface area (Å²) in [6.07, 6.45) is 11.1. The normalized spacial score (nSPS) is 34.1. The van der Waals surface area contributed by atoms with Crippen LogP contribution in [0.3, 0.4) is 0 Å². The molecular weight excluding hydrogens is 340 g/mol. The molecule has 0 aromatic carbocycles. The first kappa shape index (κ1) is 18.9. The van der Waals surface area contributed by atoms with Crippen LogP contribution in [-0.4, -0.2) is 59.0 Å². The lowest BCUT2D eigenvalue weighted by atomic mass is 9.84. The quantitative estimate of drug-likeness (QED) is 0.859. The van der Waals surface area contributed by atoms with Crippen LogP contribution in [0.25, 0.3) is 0 Å². The zero-order valence-electron chi connectivity index (χ0n) is 16.8. The highest BCUT2D eigenvalue weighted by atomic mass is 16.5. The van der Waals surface area contributed by atoms with Gasteiger partial charge in [-0.2, -0.15) is 5.10 Å². The molecule has 1 aromatic rings. The van der Waals surface area contributed by atoms with Crippen LogP contribution in [0.2, 0.25) is 0 Å². The lowest BCUT2D eigenvalue weighted by Gasteiger charge is -2.39. The Kier molecular flexibility index (Phi) is 5.83. The van der Waals surface area contributed by atoms with Crippen LogP contribution in [0.4, 0.5) is 0 Å². The number of nitrogens with one attached hydrogen (secondary N) is 1.